The van der Waals surface area contributed by atoms with E-state index in [9.17, 15) is 5.26 Å². The van der Waals surface area contributed by atoms with E-state index in [2.05, 4.69) is 0 Å². The van der Waals surface area contributed by atoms with Crippen molar-refractivity contribution in [2.45, 2.75) is 0 Å². The van der Waals surface area contributed by atoms with Crippen LogP contribution in [0.1, 0.15) is 0 Å². The first kappa shape index (κ1) is 14.0. The highest BCUT2D eigenvalue weighted by Gasteiger charge is 2.49. The Bertz CT molecular complexity index is 588. The standard InChI is InChI=1S/C18H15O2P/c19-20-21(16-10-4-1-5-11-16,17-12-6-2-7-13-17)18-14-8-3-9-15-18/h1-15H/p+1. The van der Waals surface area contributed by atoms with Crippen LogP contribution < -0.4 is 15.9 Å². The zero-order valence-corrected chi connectivity index (χ0v) is 12.4. The maximum atomic E-state index is 9.89. The van der Waals surface area contributed by atoms with Gasteiger partial charge in [0.05, 0.1) is 0 Å². The summed E-state index contributed by atoms with van der Waals surface area (Å²) in [5, 5.41) is 12.9. The molecule has 0 saturated carbocycles. The SMILES string of the molecule is OO[P+](c1ccccc1)(c1ccccc1)c1ccccc1. The highest BCUT2D eigenvalue weighted by Crippen LogP contribution is 2.55. The molecule has 0 spiro atoms. The normalized spacial score (nSPS) is 11.3. The van der Waals surface area contributed by atoms with Crippen molar-refractivity contribution in [2.24, 2.45) is 0 Å². The molecule has 0 aliphatic heterocycles. The maximum Gasteiger partial charge on any atom is 0.283 e. The van der Waals surface area contributed by atoms with Crippen LogP contribution in [0.15, 0.2) is 91.0 Å². The Morgan fingerprint density at radius 3 is 1.05 bits per heavy atom. The number of rotatable bonds is 4. The van der Waals surface area contributed by atoms with Crippen LogP contribution in [-0.2, 0) is 4.67 Å². The molecule has 0 bridgehead atoms. The van der Waals surface area contributed by atoms with E-state index in [1.807, 2.05) is 91.0 Å². The smallest absolute Gasteiger partial charge is 0.214 e. The fraction of sp³-hybridized carbons (Fsp3) is 0. The van der Waals surface area contributed by atoms with E-state index in [1.165, 1.54) is 0 Å². The minimum atomic E-state index is -2.48. The molecule has 0 saturated heterocycles. The van der Waals surface area contributed by atoms with Crippen molar-refractivity contribution in [3.8, 4) is 0 Å². The van der Waals surface area contributed by atoms with Gasteiger partial charge < -0.3 is 0 Å². The first-order valence-corrected chi connectivity index (χ1v) is 8.47. The molecule has 0 amide bonds. The largest absolute Gasteiger partial charge is 0.283 e. The second-order valence-electron chi connectivity index (χ2n) is 4.70. The predicted molar refractivity (Wildman–Crippen MR) is 88.9 cm³/mol. The van der Waals surface area contributed by atoms with Gasteiger partial charge >= 0.3 is 0 Å². The molecule has 0 fully saturated rings. The lowest BCUT2D eigenvalue weighted by Crippen LogP contribution is -2.32. The summed E-state index contributed by atoms with van der Waals surface area (Å²) < 4.78 is 5.21. The Balaban J connectivity index is 2.29. The molecule has 0 radical (unpaired) electrons. The van der Waals surface area contributed by atoms with Crippen LogP contribution in [0.2, 0.25) is 0 Å². The Kier molecular flexibility index (Phi) is 4.12. The topological polar surface area (TPSA) is 29.5 Å². The molecular formula is C18H16O2P+. The molecular weight excluding hydrogens is 279 g/mol. The van der Waals surface area contributed by atoms with Gasteiger partial charge in [-0.1, -0.05) is 59.3 Å². The Morgan fingerprint density at radius 1 is 0.524 bits per heavy atom. The van der Waals surface area contributed by atoms with Gasteiger partial charge in [0.25, 0.3) is 7.49 Å². The molecule has 0 heterocycles. The van der Waals surface area contributed by atoms with Crippen LogP contribution in [0.4, 0.5) is 0 Å². The van der Waals surface area contributed by atoms with Crippen molar-refractivity contribution in [2.75, 3.05) is 0 Å². The number of benzene rings is 3. The van der Waals surface area contributed by atoms with E-state index in [0.29, 0.717) is 0 Å². The lowest BCUT2D eigenvalue weighted by Gasteiger charge is -2.21. The van der Waals surface area contributed by atoms with E-state index in [4.69, 9.17) is 4.67 Å². The highest BCUT2D eigenvalue weighted by molar-refractivity contribution is 7.91. The molecule has 0 atom stereocenters. The number of hydrogen-bond acceptors (Lipinski definition) is 2. The predicted octanol–water partition coefficient (Wildman–Crippen LogP) is 3.39. The minimum Gasteiger partial charge on any atom is -0.214 e. The van der Waals surface area contributed by atoms with Crippen molar-refractivity contribution in [3.63, 3.8) is 0 Å². The van der Waals surface area contributed by atoms with Gasteiger partial charge in [0, 0.05) is 0 Å². The zero-order chi connectivity index (χ0) is 14.5. The molecule has 0 unspecified atom stereocenters. The average Bonchev–Trinajstić information content (AvgIpc) is 2.59. The molecule has 104 valence electrons. The molecule has 0 aromatic heterocycles. The molecule has 0 aliphatic carbocycles. The number of hydrogen-bond donors (Lipinski definition) is 1. The second-order valence-corrected chi connectivity index (χ2v) is 7.63. The third-order valence-corrected chi connectivity index (χ3v) is 6.80. The summed E-state index contributed by atoms with van der Waals surface area (Å²) in [4.78, 5) is 0. The summed E-state index contributed by atoms with van der Waals surface area (Å²) in [7, 11) is -2.48. The van der Waals surface area contributed by atoms with E-state index in [0.717, 1.165) is 15.9 Å². The second kappa shape index (κ2) is 6.19. The van der Waals surface area contributed by atoms with Crippen molar-refractivity contribution in [3.05, 3.63) is 91.0 Å². The van der Waals surface area contributed by atoms with Crippen LogP contribution in [0.5, 0.6) is 0 Å². The first-order chi connectivity index (χ1) is 10.4. The molecule has 2 nitrogen and oxygen atoms in total. The molecule has 21 heavy (non-hydrogen) atoms. The average molecular weight is 295 g/mol. The van der Waals surface area contributed by atoms with Crippen molar-refractivity contribution < 1.29 is 9.93 Å². The van der Waals surface area contributed by atoms with E-state index in [-0.39, 0.29) is 0 Å². The van der Waals surface area contributed by atoms with Gasteiger partial charge in [0.2, 0.25) is 0 Å². The fourth-order valence-electron chi connectivity index (χ4n) is 2.50. The summed E-state index contributed by atoms with van der Waals surface area (Å²) in [6.07, 6.45) is 0. The monoisotopic (exact) mass is 295 g/mol. The van der Waals surface area contributed by atoms with E-state index < -0.39 is 7.49 Å². The summed E-state index contributed by atoms with van der Waals surface area (Å²) in [6, 6.07) is 29.7. The van der Waals surface area contributed by atoms with Crippen LogP contribution in [-0.4, -0.2) is 5.26 Å². The molecule has 3 heteroatoms. The van der Waals surface area contributed by atoms with Crippen molar-refractivity contribution >= 4 is 23.4 Å². The summed E-state index contributed by atoms with van der Waals surface area (Å²) in [6.45, 7) is 0. The molecule has 3 aromatic rings. The Morgan fingerprint density at radius 2 is 0.810 bits per heavy atom. The third kappa shape index (κ3) is 2.50. The Hall–Kier alpha value is -1.99. The van der Waals surface area contributed by atoms with Crippen LogP contribution in [0.3, 0.4) is 0 Å². The van der Waals surface area contributed by atoms with Crippen molar-refractivity contribution in [1.82, 2.24) is 0 Å². The molecule has 0 aliphatic rings. The van der Waals surface area contributed by atoms with Crippen molar-refractivity contribution in [1.29, 1.82) is 0 Å². The molecule has 1 N–H and O–H groups in total. The quantitative estimate of drug-likeness (QED) is 0.454. The Labute approximate surface area is 125 Å². The van der Waals surface area contributed by atoms with Gasteiger partial charge in [-0.15, -0.1) is 0 Å². The third-order valence-electron chi connectivity index (χ3n) is 3.48. The van der Waals surface area contributed by atoms with Gasteiger partial charge in [-0.05, 0) is 36.4 Å². The van der Waals surface area contributed by atoms with Gasteiger partial charge in [0.15, 0.2) is 0 Å². The fourth-order valence-corrected chi connectivity index (χ4v) is 5.46. The summed E-state index contributed by atoms with van der Waals surface area (Å²) >= 11 is 0. The van der Waals surface area contributed by atoms with E-state index >= 15 is 0 Å². The highest BCUT2D eigenvalue weighted by atomic mass is 31.2. The lowest BCUT2D eigenvalue weighted by molar-refractivity contribution is -0.127. The first-order valence-electron chi connectivity index (χ1n) is 6.77. The molecule has 3 rings (SSSR count). The van der Waals surface area contributed by atoms with Gasteiger partial charge in [-0.2, -0.15) is 0 Å². The molecule has 3 aromatic carbocycles. The summed E-state index contributed by atoms with van der Waals surface area (Å²) in [5.74, 6) is 0. The van der Waals surface area contributed by atoms with Gasteiger partial charge in [-0.25, -0.2) is 5.26 Å². The zero-order valence-electron chi connectivity index (χ0n) is 11.5. The summed E-state index contributed by atoms with van der Waals surface area (Å²) in [5.41, 5.74) is 0. The van der Waals surface area contributed by atoms with Crippen LogP contribution >= 0.6 is 7.49 Å². The van der Waals surface area contributed by atoms with Crippen LogP contribution in [0.25, 0.3) is 0 Å². The minimum absolute atomic E-state index is 0.991. The van der Waals surface area contributed by atoms with E-state index in [1.54, 1.807) is 0 Å². The van der Waals surface area contributed by atoms with Crippen LogP contribution in [0, 0.1) is 0 Å². The van der Waals surface area contributed by atoms with Gasteiger partial charge in [0.1, 0.15) is 15.9 Å². The maximum absolute atomic E-state index is 9.89. The van der Waals surface area contributed by atoms with Gasteiger partial charge in [-0.3, -0.25) is 0 Å². The lowest BCUT2D eigenvalue weighted by atomic mass is 10.4.